The molecule has 53 heavy (non-hydrogen) atoms. The van der Waals surface area contributed by atoms with Gasteiger partial charge in [-0.05, 0) is 59.6 Å². The van der Waals surface area contributed by atoms with Crippen LogP contribution in [-0.4, -0.2) is 95.2 Å². The molecule has 0 radical (unpaired) electrons. The highest BCUT2D eigenvalue weighted by Gasteiger charge is 2.44. The molecular weight excluding hydrogens is 709 g/mol. The summed E-state index contributed by atoms with van der Waals surface area (Å²) in [7, 11) is -1.01. The summed E-state index contributed by atoms with van der Waals surface area (Å²) in [6, 6.07) is 3.13. The van der Waals surface area contributed by atoms with Gasteiger partial charge in [-0.15, -0.1) is 13.2 Å². The molecule has 0 bridgehead atoms. The van der Waals surface area contributed by atoms with Crippen LogP contribution >= 0.6 is 7.82 Å². The van der Waals surface area contributed by atoms with Crippen LogP contribution in [0.2, 0.25) is 0 Å². The van der Waals surface area contributed by atoms with Crippen LogP contribution in [-0.2, 0) is 46.6 Å². The first-order chi connectivity index (χ1) is 25.0. The van der Waals surface area contributed by atoms with Gasteiger partial charge in [0.2, 0.25) is 0 Å². The standard InChI is InChI=1S/C38H56NO13P/c1-12-20-46-53(42,47-21-13-2)48-22-19-39(36(41)52-37(5,6)7)29-23-28-15-14-16-31-34(51-38(8,9)50-31)30(44-11)18-17-26(3)27(4)49-35(40)33(28)32(24-29)45-25-43-10/h12-15,17-18,23-24,26-27,30-31,34H,1-2,16,19-22,25H2,3-11H3/b15-14+,18-17-/t26-,27+,30-,31+,34-/m1/s1. The number of nitrogens with zero attached hydrogens (tertiary/aromatic N) is 1. The first-order valence-electron chi connectivity index (χ1n) is 17.5. The summed E-state index contributed by atoms with van der Waals surface area (Å²) in [4.78, 5) is 29.0. The number of cyclic esters (lactones) is 1. The second-order valence-corrected chi connectivity index (χ2v) is 15.5. The van der Waals surface area contributed by atoms with Crippen LogP contribution in [0, 0.1) is 5.92 Å². The number of ether oxygens (including phenoxy) is 7. The Balaban J connectivity index is 2.16. The van der Waals surface area contributed by atoms with E-state index in [1.807, 2.05) is 39.0 Å². The molecule has 2 aliphatic heterocycles. The molecule has 1 saturated heterocycles. The Morgan fingerprint density at radius 3 is 2.34 bits per heavy atom. The number of hydrogen-bond acceptors (Lipinski definition) is 13. The summed E-state index contributed by atoms with van der Waals surface area (Å²) < 4.78 is 70.7. The van der Waals surface area contributed by atoms with Crippen LogP contribution in [0.15, 0.2) is 55.7 Å². The lowest BCUT2D eigenvalue weighted by Gasteiger charge is -2.29. The number of amides is 1. The molecule has 2 aliphatic rings. The zero-order chi connectivity index (χ0) is 39.4. The fraction of sp³-hybridized carbons (Fsp3) is 0.579. The Bertz CT molecular complexity index is 1500. The number of anilines is 1. The first-order valence-corrected chi connectivity index (χ1v) is 18.9. The van der Waals surface area contributed by atoms with Crippen molar-refractivity contribution in [1.29, 1.82) is 0 Å². The van der Waals surface area contributed by atoms with Crippen molar-refractivity contribution in [2.75, 3.05) is 52.3 Å². The maximum atomic E-state index is 14.0. The SMILES string of the molecule is C=CCOP(=O)(OCC=C)OCCN(C(=O)OC(C)(C)C)c1cc2c(c(OCOC)c1)C(=O)O[C@@H](C)[C@H](C)/C=C\[C@@H](OC)[C@H]1OC(C)(C)O[C@H]1C/C=C/2. The molecule has 0 aliphatic carbocycles. The molecule has 296 valence electrons. The van der Waals surface area contributed by atoms with E-state index >= 15 is 0 Å². The number of rotatable bonds is 15. The van der Waals surface area contributed by atoms with Crippen LogP contribution in [0.4, 0.5) is 10.5 Å². The van der Waals surface area contributed by atoms with Gasteiger partial charge in [0.05, 0.1) is 38.2 Å². The lowest BCUT2D eigenvalue weighted by atomic mass is 9.98. The maximum absolute atomic E-state index is 14.0. The zero-order valence-electron chi connectivity index (χ0n) is 32.4. The van der Waals surface area contributed by atoms with E-state index in [0.717, 1.165) is 0 Å². The number of esters is 1. The van der Waals surface area contributed by atoms with Crippen LogP contribution in [0.1, 0.15) is 70.8 Å². The zero-order valence-corrected chi connectivity index (χ0v) is 33.3. The predicted molar refractivity (Wildman–Crippen MR) is 200 cm³/mol. The van der Waals surface area contributed by atoms with Crippen molar-refractivity contribution in [2.45, 2.75) is 90.7 Å². The number of phosphoric acid groups is 1. The van der Waals surface area contributed by atoms with Gasteiger partial charge in [-0.2, -0.15) is 0 Å². The number of hydrogen-bond donors (Lipinski definition) is 0. The van der Waals surface area contributed by atoms with E-state index in [9.17, 15) is 14.2 Å². The second-order valence-electron chi connectivity index (χ2n) is 13.9. The molecule has 2 heterocycles. The van der Waals surface area contributed by atoms with Crippen molar-refractivity contribution < 1.29 is 60.9 Å². The fourth-order valence-corrected chi connectivity index (χ4v) is 6.51. The monoisotopic (exact) mass is 765 g/mol. The van der Waals surface area contributed by atoms with E-state index < -0.39 is 55.7 Å². The van der Waals surface area contributed by atoms with Gasteiger partial charge in [0.15, 0.2) is 12.6 Å². The Kier molecular flexibility index (Phi) is 16.5. The Morgan fingerprint density at radius 1 is 1.06 bits per heavy atom. The average Bonchev–Trinajstić information content (AvgIpc) is 3.39. The van der Waals surface area contributed by atoms with E-state index in [0.29, 0.717) is 12.0 Å². The minimum absolute atomic E-state index is 0.0826. The smallest absolute Gasteiger partial charge is 0.467 e. The predicted octanol–water partition coefficient (Wildman–Crippen LogP) is 7.63. The molecule has 0 aromatic heterocycles. The molecule has 14 nitrogen and oxygen atoms in total. The molecule has 15 heteroatoms. The number of carbonyl (C=O) groups excluding carboxylic acids is 2. The topological polar surface area (TPSA) is 147 Å². The number of benzene rings is 1. The summed E-state index contributed by atoms with van der Waals surface area (Å²) in [5, 5.41) is 0. The first kappa shape index (κ1) is 44.1. The van der Waals surface area contributed by atoms with Gasteiger partial charge in [-0.25, -0.2) is 14.2 Å². The van der Waals surface area contributed by atoms with E-state index in [1.54, 1.807) is 46.9 Å². The molecule has 0 spiro atoms. The molecule has 0 saturated carbocycles. The van der Waals surface area contributed by atoms with Crippen molar-refractivity contribution in [3.63, 3.8) is 0 Å². The third kappa shape index (κ3) is 13.2. The van der Waals surface area contributed by atoms with Crippen molar-refractivity contribution in [3.05, 3.63) is 66.8 Å². The van der Waals surface area contributed by atoms with E-state index in [-0.39, 0.29) is 56.1 Å². The third-order valence-corrected chi connectivity index (χ3v) is 9.40. The molecule has 1 aromatic rings. The summed E-state index contributed by atoms with van der Waals surface area (Å²) >= 11 is 0. The number of fused-ring (bicyclic) bond motifs is 2. The third-order valence-electron chi connectivity index (χ3n) is 7.97. The highest BCUT2D eigenvalue weighted by atomic mass is 31.2. The van der Waals surface area contributed by atoms with Crippen LogP contribution in [0.5, 0.6) is 5.75 Å². The second kappa shape index (κ2) is 19.8. The van der Waals surface area contributed by atoms with Crippen molar-refractivity contribution in [1.82, 2.24) is 0 Å². The lowest BCUT2D eigenvalue weighted by Crippen LogP contribution is -2.39. The average molecular weight is 766 g/mol. The van der Waals surface area contributed by atoms with Crippen LogP contribution in [0.3, 0.4) is 0 Å². The van der Waals surface area contributed by atoms with Gasteiger partial charge >= 0.3 is 19.9 Å². The highest BCUT2D eigenvalue weighted by molar-refractivity contribution is 7.48. The molecule has 0 unspecified atom stereocenters. The minimum atomic E-state index is -4.06. The molecule has 5 atom stereocenters. The molecule has 1 aromatic carbocycles. The van der Waals surface area contributed by atoms with Gasteiger partial charge in [-0.3, -0.25) is 18.5 Å². The van der Waals surface area contributed by atoms with Gasteiger partial charge in [0, 0.05) is 26.2 Å². The summed E-state index contributed by atoms with van der Waals surface area (Å²) in [5.74, 6) is -1.64. The number of methoxy groups -OCH3 is 2. The molecule has 3 rings (SSSR count). The Hall–Kier alpha value is -3.33. The molecule has 0 N–H and O–H groups in total. The van der Waals surface area contributed by atoms with E-state index in [4.69, 9.17) is 46.7 Å². The van der Waals surface area contributed by atoms with E-state index in [1.165, 1.54) is 30.2 Å². The van der Waals surface area contributed by atoms with E-state index in [2.05, 4.69) is 13.2 Å². The lowest BCUT2D eigenvalue weighted by molar-refractivity contribution is -0.153. The normalized spacial score (nSPS) is 24.5. The highest BCUT2D eigenvalue weighted by Crippen LogP contribution is 2.49. The van der Waals surface area contributed by atoms with Gasteiger partial charge in [0.25, 0.3) is 0 Å². The Labute approximate surface area is 313 Å². The molecule has 1 amide bonds. The molecule has 1 fully saturated rings. The van der Waals surface area contributed by atoms with Crippen LogP contribution < -0.4 is 9.64 Å². The molecular formula is C38H56NO13P. The Morgan fingerprint density at radius 2 is 1.74 bits per heavy atom. The summed E-state index contributed by atoms with van der Waals surface area (Å²) in [6.45, 7) is 18.8. The quantitative estimate of drug-likeness (QED) is 0.0747. The van der Waals surface area contributed by atoms with Gasteiger partial charge < -0.3 is 33.2 Å². The summed E-state index contributed by atoms with van der Waals surface area (Å²) in [5.41, 5.74) is -0.137. The number of carbonyl (C=O) groups is 2. The van der Waals surface area contributed by atoms with Crippen LogP contribution in [0.25, 0.3) is 6.08 Å². The van der Waals surface area contributed by atoms with Crippen molar-refractivity contribution in [2.24, 2.45) is 5.92 Å². The fourth-order valence-electron chi connectivity index (χ4n) is 5.40. The maximum Gasteiger partial charge on any atom is 0.475 e. The van der Waals surface area contributed by atoms with Crippen molar-refractivity contribution >= 4 is 31.6 Å². The largest absolute Gasteiger partial charge is 0.475 e. The number of phosphoric ester groups is 1. The van der Waals surface area contributed by atoms with Crippen molar-refractivity contribution in [3.8, 4) is 5.75 Å². The van der Waals surface area contributed by atoms with Gasteiger partial charge in [-0.1, -0.05) is 43.4 Å². The summed E-state index contributed by atoms with van der Waals surface area (Å²) in [6.07, 6.45) is 8.03. The van der Waals surface area contributed by atoms with Gasteiger partial charge in [0.1, 0.15) is 35.2 Å². The minimum Gasteiger partial charge on any atom is -0.467 e.